The van der Waals surface area contributed by atoms with Crippen LogP contribution in [0.4, 0.5) is 4.79 Å². The molecule has 10 heteroatoms. The quantitative estimate of drug-likeness (QED) is 0.376. The van der Waals surface area contributed by atoms with Crippen LogP contribution in [-0.2, 0) is 25.5 Å². The lowest BCUT2D eigenvalue weighted by molar-refractivity contribution is -0.152. The Hall–Kier alpha value is -3.63. The van der Waals surface area contributed by atoms with Crippen molar-refractivity contribution >= 4 is 23.1 Å². The van der Waals surface area contributed by atoms with E-state index >= 15 is 0 Å². The van der Waals surface area contributed by atoms with Crippen LogP contribution in [0.3, 0.4) is 0 Å². The van der Waals surface area contributed by atoms with E-state index in [-0.39, 0.29) is 19.1 Å². The van der Waals surface area contributed by atoms with Crippen LogP contribution in [0.5, 0.6) is 5.75 Å². The van der Waals surface area contributed by atoms with Crippen LogP contribution in [-0.4, -0.2) is 84.2 Å². The second kappa shape index (κ2) is 12.1. The first-order valence-electron chi connectivity index (χ1n) is 13.9. The van der Waals surface area contributed by atoms with Crippen molar-refractivity contribution in [1.82, 2.24) is 19.8 Å². The Balaban J connectivity index is 1.63. The number of likely N-dealkylation sites (tertiary alicyclic amines) is 1. The van der Waals surface area contributed by atoms with Crippen LogP contribution in [0.2, 0.25) is 0 Å². The number of imidazole rings is 1. The molecule has 0 spiro atoms. The molecule has 1 unspecified atom stereocenters. The molecule has 1 fully saturated rings. The Kier molecular flexibility index (Phi) is 8.94. The predicted molar refractivity (Wildman–Crippen MR) is 157 cm³/mol. The maximum atomic E-state index is 13.1. The van der Waals surface area contributed by atoms with Gasteiger partial charge in [0.2, 0.25) is 0 Å². The van der Waals surface area contributed by atoms with Crippen LogP contribution < -0.4 is 10.1 Å². The number of carbonyl (C=O) groups excluding carboxylic acids is 2. The molecule has 0 radical (unpaired) electrons. The van der Waals surface area contributed by atoms with E-state index in [0.717, 1.165) is 28.0 Å². The summed E-state index contributed by atoms with van der Waals surface area (Å²) in [6.07, 6.45) is -0.755. The number of nitrogens with one attached hydrogen (secondary N) is 1. The molecule has 0 bridgehead atoms. The Labute approximate surface area is 241 Å². The third-order valence-electron chi connectivity index (χ3n) is 7.40. The van der Waals surface area contributed by atoms with Crippen LogP contribution >= 0.6 is 0 Å². The SMILES string of the molecule is CNCC(Cn1c(C)nc2cccc(-c3cccc(O[C@@H]4CN(C(=O)OC(C)(C)C)[C@](C)(C(=O)OC)C4)c3)c21)OC. The number of para-hydroxylation sites is 1. The molecule has 1 aliphatic rings. The number of benzene rings is 2. The van der Waals surface area contributed by atoms with Crippen molar-refractivity contribution in [1.29, 1.82) is 0 Å². The molecule has 41 heavy (non-hydrogen) atoms. The van der Waals surface area contributed by atoms with E-state index in [0.29, 0.717) is 18.8 Å². The van der Waals surface area contributed by atoms with Gasteiger partial charge in [0.15, 0.2) is 0 Å². The van der Waals surface area contributed by atoms with Gasteiger partial charge in [-0.05, 0) is 65.4 Å². The molecule has 1 saturated heterocycles. The number of aryl methyl sites for hydroxylation is 1. The Morgan fingerprint density at radius 2 is 1.90 bits per heavy atom. The van der Waals surface area contributed by atoms with E-state index in [1.807, 2.05) is 50.4 Å². The fourth-order valence-electron chi connectivity index (χ4n) is 5.45. The lowest BCUT2D eigenvalue weighted by Gasteiger charge is -2.33. The molecule has 0 aliphatic carbocycles. The number of ether oxygens (including phenoxy) is 4. The number of likely N-dealkylation sites (N-methyl/N-ethyl adjacent to an activating group) is 1. The van der Waals surface area contributed by atoms with Crippen molar-refractivity contribution < 1.29 is 28.5 Å². The number of hydrogen-bond donors (Lipinski definition) is 1. The summed E-state index contributed by atoms with van der Waals surface area (Å²) in [5, 5.41) is 3.19. The summed E-state index contributed by atoms with van der Waals surface area (Å²) in [6, 6.07) is 13.9. The van der Waals surface area contributed by atoms with Gasteiger partial charge in [-0.3, -0.25) is 4.90 Å². The number of methoxy groups -OCH3 is 2. The Morgan fingerprint density at radius 3 is 2.56 bits per heavy atom. The number of rotatable bonds is 9. The molecule has 222 valence electrons. The van der Waals surface area contributed by atoms with Gasteiger partial charge < -0.3 is 28.8 Å². The molecule has 1 N–H and O–H groups in total. The first kappa shape index (κ1) is 30.3. The zero-order chi connectivity index (χ0) is 29.9. The van der Waals surface area contributed by atoms with E-state index in [1.165, 1.54) is 12.0 Å². The highest BCUT2D eigenvalue weighted by molar-refractivity contribution is 5.93. The van der Waals surface area contributed by atoms with E-state index < -0.39 is 29.3 Å². The topological polar surface area (TPSA) is 104 Å². The van der Waals surface area contributed by atoms with Gasteiger partial charge in [-0.2, -0.15) is 0 Å². The smallest absolute Gasteiger partial charge is 0.411 e. The Morgan fingerprint density at radius 1 is 1.17 bits per heavy atom. The first-order chi connectivity index (χ1) is 19.4. The molecular weight excluding hydrogens is 524 g/mol. The molecule has 1 amide bonds. The molecule has 3 atom stereocenters. The van der Waals surface area contributed by atoms with E-state index in [9.17, 15) is 9.59 Å². The molecule has 3 aromatic rings. The highest BCUT2D eigenvalue weighted by atomic mass is 16.6. The molecule has 10 nitrogen and oxygen atoms in total. The fourth-order valence-corrected chi connectivity index (χ4v) is 5.45. The highest BCUT2D eigenvalue weighted by Gasteiger charge is 2.53. The summed E-state index contributed by atoms with van der Waals surface area (Å²) in [6.45, 7) is 10.6. The fraction of sp³-hybridized carbons (Fsp3) is 0.516. The molecule has 1 aliphatic heterocycles. The third kappa shape index (κ3) is 6.49. The molecule has 1 aromatic heterocycles. The number of esters is 1. The minimum absolute atomic E-state index is 0.0155. The zero-order valence-electron chi connectivity index (χ0n) is 25.3. The number of amides is 1. The maximum Gasteiger partial charge on any atom is 0.411 e. The van der Waals surface area contributed by atoms with Gasteiger partial charge in [-0.25, -0.2) is 14.6 Å². The minimum Gasteiger partial charge on any atom is -0.488 e. The van der Waals surface area contributed by atoms with Crippen molar-refractivity contribution in [2.45, 2.75) is 70.9 Å². The number of fused-ring (bicyclic) bond motifs is 1. The van der Waals surface area contributed by atoms with Crippen molar-refractivity contribution in [2.24, 2.45) is 0 Å². The van der Waals surface area contributed by atoms with Gasteiger partial charge in [0.1, 0.15) is 28.8 Å². The number of carbonyl (C=O) groups is 2. The molecule has 0 saturated carbocycles. The summed E-state index contributed by atoms with van der Waals surface area (Å²) < 4.78 is 24.9. The number of aromatic nitrogens is 2. The molecule has 2 heterocycles. The lowest BCUT2D eigenvalue weighted by Crippen LogP contribution is -2.52. The van der Waals surface area contributed by atoms with Crippen LogP contribution in [0.25, 0.3) is 22.2 Å². The van der Waals surface area contributed by atoms with E-state index in [2.05, 4.69) is 16.0 Å². The second-order valence-electron chi connectivity index (χ2n) is 11.7. The standard InChI is InChI=1S/C31H42N4O6/c1-20-33-26-14-10-13-25(27(26)34(20)18-24(38-7)17-32-6)21-11-9-12-22(15-21)40-23-16-31(5,28(36)39-8)35(19-23)29(37)41-30(2,3)4/h9-15,23-24,32H,16-19H2,1-8H3/t23-,24?,31-/m0/s1. The van der Waals surface area contributed by atoms with Crippen molar-refractivity contribution in [3.63, 3.8) is 0 Å². The summed E-state index contributed by atoms with van der Waals surface area (Å²) in [7, 11) is 4.95. The van der Waals surface area contributed by atoms with Crippen molar-refractivity contribution in [2.75, 3.05) is 34.4 Å². The van der Waals surface area contributed by atoms with Gasteiger partial charge in [-0.1, -0.05) is 24.3 Å². The molecule has 2 aromatic carbocycles. The zero-order valence-corrected chi connectivity index (χ0v) is 25.3. The second-order valence-corrected chi connectivity index (χ2v) is 11.7. The average Bonchev–Trinajstić information content (AvgIpc) is 3.43. The lowest BCUT2D eigenvalue weighted by atomic mass is 9.98. The predicted octanol–water partition coefficient (Wildman–Crippen LogP) is 4.57. The molecule has 4 rings (SSSR count). The Bertz CT molecular complexity index is 1400. The normalized spacial score (nSPS) is 19.8. The van der Waals surface area contributed by atoms with Crippen LogP contribution in [0.15, 0.2) is 42.5 Å². The van der Waals surface area contributed by atoms with E-state index in [4.69, 9.17) is 23.9 Å². The maximum absolute atomic E-state index is 13.1. The summed E-state index contributed by atoms with van der Waals surface area (Å²) in [5.74, 6) is 1.04. The van der Waals surface area contributed by atoms with Gasteiger partial charge >= 0.3 is 12.1 Å². The summed E-state index contributed by atoms with van der Waals surface area (Å²) in [4.78, 5) is 32.1. The largest absolute Gasteiger partial charge is 0.488 e. The van der Waals surface area contributed by atoms with Gasteiger partial charge in [-0.15, -0.1) is 0 Å². The first-order valence-corrected chi connectivity index (χ1v) is 13.9. The van der Waals surface area contributed by atoms with Crippen molar-refractivity contribution in [3.8, 4) is 16.9 Å². The van der Waals surface area contributed by atoms with Crippen molar-refractivity contribution in [3.05, 3.63) is 48.3 Å². The monoisotopic (exact) mass is 566 g/mol. The average molecular weight is 567 g/mol. The summed E-state index contributed by atoms with van der Waals surface area (Å²) in [5.41, 5.74) is 2.01. The number of hydrogen-bond acceptors (Lipinski definition) is 8. The van der Waals surface area contributed by atoms with Gasteiger partial charge in [0.05, 0.1) is 37.3 Å². The van der Waals surface area contributed by atoms with Crippen LogP contribution in [0.1, 0.15) is 39.9 Å². The van der Waals surface area contributed by atoms with E-state index in [1.54, 1.807) is 34.8 Å². The third-order valence-corrected chi connectivity index (χ3v) is 7.40. The highest BCUT2D eigenvalue weighted by Crippen LogP contribution is 2.36. The number of nitrogens with zero attached hydrogens (tertiary/aromatic N) is 3. The van der Waals surface area contributed by atoms with Gasteiger partial charge in [0, 0.05) is 25.6 Å². The van der Waals surface area contributed by atoms with Crippen LogP contribution in [0, 0.1) is 6.92 Å². The summed E-state index contributed by atoms with van der Waals surface area (Å²) >= 11 is 0. The molecular formula is C31H42N4O6. The van der Waals surface area contributed by atoms with Gasteiger partial charge in [0.25, 0.3) is 0 Å². The minimum atomic E-state index is -1.21.